The van der Waals surface area contributed by atoms with Gasteiger partial charge in [0, 0.05) is 17.2 Å². The molecule has 0 saturated heterocycles. The summed E-state index contributed by atoms with van der Waals surface area (Å²) in [6.45, 7) is 0.173. The highest BCUT2D eigenvalue weighted by molar-refractivity contribution is 6.31. The SMILES string of the molecule is O=C(C[n+]1ccccc1)Nc1cc(Cl)ccc1O.[Cl-]. The Balaban J connectivity index is 0.00000180. The van der Waals surface area contributed by atoms with Crippen LogP contribution >= 0.6 is 11.6 Å². The van der Waals surface area contributed by atoms with Crippen LogP contribution in [0.15, 0.2) is 48.8 Å². The minimum Gasteiger partial charge on any atom is -1.00 e. The molecule has 1 heterocycles. The summed E-state index contributed by atoms with van der Waals surface area (Å²) in [5.41, 5.74) is 0.309. The Hall–Kier alpha value is -1.78. The molecule has 1 aromatic carbocycles. The van der Waals surface area contributed by atoms with Crippen LogP contribution in [-0.4, -0.2) is 11.0 Å². The first kappa shape index (κ1) is 15.3. The van der Waals surface area contributed by atoms with E-state index in [2.05, 4.69) is 5.32 Å². The number of hydrogen-bond donors (Lipinski definition) is 2. The van der Waals surface area contributed by atoms with Crippen LogP contribution in [0, 0.1) is 0 Å². The number of amides is 1. The molecule has 0 radical (unpaired) electrons. The molecule has 100 valence electrons. The van der Waals surface area contributed by atoms with Crippen molar-refractivity contribution < 1.29 is 26.9 Å². The molecule has 2 aromatic rings. The number of aromatic hydroxyl groups is 1. The number of hydrogen-bond acceptors (Lipinski definition) is 2. The molecule has 0 saturated carbocycles. The number of phenolic OH excluding ortho intramolecular Hbond substituents is 1. The maximum atomic E-state index is 11.8. The van der Waals surface area contributed by atoms with Gasteiger partial charge in [-0.25, -0.2) is 0 Å². The first-order valence-corrected chi connectivity index (χ1v) is 5.75. The highest BCUT2D eigenvalue weighted by Crippen LogP contribution is 2.26. The van der Waals surface area contributed by atoms with E-state index in [1.54, 1.807) is 23.0 Å². The van der Waals surface area contributed by atoms with Gasteiger partial charge in [-0.15, -0.1) is 0 Å². The van der Waals surface area contributed by atoms with E-state index in [4.69, 9.17) is 11.6 Å². The molecule has 0 aliphatic rings. The van der Waals surface area contributed by atoms with E-state index in [-0.39, 0.29) is 30.6 Å². The molecule has 4 nitrogen and oxygen atoms in total. The first-order valence-electron chi connectivity index (χ1n) is 5.37. The highest BCUT2D eigenvalue weighted by Gasteiger charge is 2.11. The predicted octanol–water partition coefficient (Wildman–Crippen LogP) is -1.02. The molecule has 2 rings (SSSR count). The quantitative estimate of drug-likeness (QED) is 0.563. The van der Waals surface area contributed by atoms with E-state index in [0.717, 1.165) is 0 Å². The molecule has 0 aliphatic heterocycles. The van der Waals surface area contributed by atoms with Gasteiger partial charge in [0.2, 0.25) is 6.54 Å². The second kappa shape index (κ2) is 6.97. The van der Waals surface area contributed by atoms with E-state index < -0.39 is 0 Å². The average Bonchev–Trinajstić information content (AvgIpc) is 2.35. The van der Waals surface area contributed by atoms with Gasteiger partial charge in [-0.1, -0.05) is 17.7 Å². The Bertz CT molecular complexity index is 562. The molecule has 0 atom stereocenters. The monoisotopic (exact) mass is 298 g/mol. The van der Waals surface area contributed by atoms with Crippen molar-refractivity contribution in [1.82, 2.24) is 0 Å². The number of nitrogens with zero attached hydrogens (tertiary/aromatic N) is 1. The lowest BCUT2D eigenvalue weighted by molar-refractivity contribution is -0.684. The van der Waals surface area contributed by atoms with Crippen molar-refractivity contribution in [3.8, 4) is 5.75 Å². The lowest BCUT2D eigenvalue weighted by atomic mass is 10.3. The van der Waals surface area contributed by atoms with Crippen molar-refractivity contribution in [3.63, 3.8) is 0 Å². The topological polar surface area (TPSA) is 53.2 Å². The van der Waals surface area contributed by atoms with E-state index in [1.807, 2.05) is 18.2 Å². The summed E-state index contributed by atoms with van der Waals surface area (Å²) in [6.07, 6.45) is 3.58. The Morgan fingerprint density at radius 1 is 1.26 bits per heavy atom. The predicted molar refractivity (Wildman–Crippen MR) is 68.4 cm³/mol. The second-order valence-corrected chi connectivity index (χ2v) is 4.19. The Morgan fingerprint density at radius 3 is 2.63 bits per heavy atom. The van der Waals surface area contributed by atoms with Gasteiger partial charge >= 0.3 is 0 Å². The van der Waals surface area contributed by atoms with Crippen LogP contribution in [0.1, 0.15) is 0 Å². The van der Waals surface area contributed by atoms with Crippen molar-refractivity contribution in [2.24, 2.45) is 0 Å². The van der Waals surface area contributed by atoms with Gasteiger partial charge in [0.1, 0.15) is 5.75 Å². The van der Waals surface area contributed by atoms with Crippen LogP contribution in [0.25, 0.3) is 0 Å². The molecule has 6 heteroatoms. The van der Waals surface area contributed by atoms with E-state index >= 15 is 0 Å². The third kappa shape index (κ3) is 4.43. The fourth-order valence-electron chi connectivity index (χ4n) is 1.50. The zero-order chi connectivity index (χ0) is 13.0. The lowest BCUT2D eigenvalue weighted by Gasteiger charge is -2.05. The Morgan fingerprint density at radius 2 is 1.95 bits per heavy atom. The number of rotatable bonds is 3. The van der Waals surface area contributed by atoms with Crippen molar-refractivity contribution in [2.75, 3.05) is 5.32 Å². The lowest BCUT2D eigenvalue weighted by Crippen LogP contribution is -3.00. The average molecular weight is 299 g/mol. The number of phenols is 1. The second-order valence-electron chi connectivity index (χ2n) is 3.76. The number of benzene rings is 1. The maximum absolute atomic E-state index is 11.8. The van der Waals surface area contributed by atoms with Crippen molar-refractivity contribution in [3.05, 3.63) is 53.8 Å². The minimum absolute atomic E-state index is 0. The Kier molecular flexibility index (Phi) is 5.60. The van der Waals surface area contributed by atoms with Crippen molar-refractivity contribution in [2.45, 2.75) is 6.54 Å². The van der Waals surface area contributed by atoms with Crippen LogP contribution in [0.3, 0.4) is 0 Å². The number of halogens is 2. The Labute approximate surface area is 122 Å². The summed E-state index contributed by atoms with van der Waals surface area (Å²) in [4.78, 5) is 11.8. The normalized spacial score (nSPS) is 9.53. The van der Waals surface area contributed by atoms with E-state index in [1.165, 1.54) is 12.1 Å². The van der Waals surface area contributed by atoms with Crippen LogP contribution < -0.4 is 22.3 Å². The zero-order valence-electron chi connectivity index (χ0n) is 9.88. The van der Waals surface area contributed by atoms with E-state index in [9.17, 15) is 9.90 Å². The molecule has 19 heavy (non-hydrogen) atoms. The summed E-state index contributed by atoms with van der Waals surface area (Å²) in [6, 6.07) is 10.0. The fraction of sp³-hybridized carbons (Fsp3) is 0.0769. The standard InChI is InChI=1S/C13H11ClN2O2.ClH/c14-10-4-5-12(17)11(8-10)15-13(18)9-16-6-2-1-3-7-16;/h1-8H,9H2,(H-,15,17,18);1H. The molecule has 0 bridgehead atoms. The summed E-state index contributed by atoms with van der Waals surface area (Å²) in [7, 11) is 0. The van der Waals surface area contributed by atoms with Crippen molar-refractivity contribution >= 4 is 23.2 Å². The number of carbonyl (C=O) groups is 1. The largest absolute Gasteiger partial charge is 1.00 e. The summed E-state index contributed by atoms with van der Waals surface area (Å²) >= 11 is 5.79. The molecular weight excluding hydrogens is 287 g/mol. The van der Waals surface area contributed by atoms with Gasteiger partial charge in [-0.05, 0) is 18.2 Å². The maximum Gasteiger partial charge on any atom is 0.290 e. The number of aromatic nitrogens is 1. The molecule has 0 fully saturated rings. The zero-order valence-corrected chi connectivity index (χ0v) is 11.4. The molecule has 0 aliphatic carbocycles. The summed E-state index contributed by atoms with van der Waals surface area (Å²) in [5, 5.41) is 12.6. The molecule has 2 N–H and O–H groups in total. The molecule has 1 aromatic heterocycles. The summed E-state index contributed by atoms with van der Waals surface area (Å²) < 4.78 is 1.73. The third-order valence-electron chi connectivity index (χ3n) is 2.34. The van der Waals surface area contributed by atoms with Gasteiger partial charge in [0.05, 0.1) is 5.69 Å². The minimum atomic E-state index is -0.233. The van der Waals surface area contributed by atoms with Gasteiger partial charge < -0.3 is 22.8 Å². The molecule has 0 unspecified atom stereocenters. The van der Waals surface area contributed by atoms with Crippen LogP contribution in [0.5, 0.6) is 5.75 Å². The number of nitrogens with one attached hydrogen (secondary N) is 1. The van der Waals surface area contributed by atoms with E-state index in [0.29, 0.717) is 10.7 Å². The van der Waals surface area contributed by atoms with Crippen LogP contribution in [-0.2, 0) is 11.3 Å². The highest BCUT2D eigenvalue weighted by atomic mass is 35.5. The van der Waals surface area contributed by atoms with Crippen molar-refractivity contribution in [1.29, 1.82) is 0 Å². The molecule has 0 spiro atoms. The van der Waals surface area contributed by atoms with Crippen LogP contribution in [0.4, 0.5) is 5.69 Å². The third-order valence-corrected chi connectivity index (χ3v) is 2.57. The molecular formula is C13H12Cl2N2O2. The van der Waals surface area contributed by atoms with Gasteiger partial charge in [0.25, 0.3) is 5.91 Å². The number of anilines is 1. The smallest absolute Gasteiger partial charge is 0.290 e. The molecule has 1 amide bonds. The number of carbonyl (C=O) groups excluding carboxylic acids is 1. The number of pyridine rings is 1. The van der Waals surface area contributed by atoms with Gasteiger partial charge in [0.15, 0.2) is 12.4 Å². The first-order chi connectivity index (χ1) is 8.65. The van der Waals surface area contributed by atoms with Gasteiger partial charge in [-0.2, -0.15) is 4.57 Å². The summed E-state index contributed by atoms with van der Waals surface area (Å²) in [5.74, 6) is -0.241. The fourth-order valence-corrected chi connectivity index (χ4v) is 1.68. The van der Waals surface area contributed by atoms with Gasteiger partial charge in [-0.3, -0.25) is 4.79 Å². The van der Waals surface area contributed by atoms with Crippen LogP contribution in [0.2, 0.25) is 5.02 Å².